The van der Waals surface area contributed by atoms with Crippen LogP contribution in [0.25, 0.3) is 38.9 Å². The van der Waals surface area contributed by atoms with Gasteiger partial charge >= 0.3 is 6.09 Å². The number of rotatable bonds is 4. The number of carbonyl (C=O) groups is 1. The number of allylic oxidation sites excluding steroid dienone is 1. The highest BCUT2D eigenvalue weighted by Crippen LogP contribution is 2.38. The van der Waals surface area contributed by atoms with Crippen molar-refractivity contribution in [1.82, 2.24) is 14.8 Å². The summed E-state index contributed by atoms with van der Waals surface area (Å²) in [6, 6.07) is 15.9. The van der Waals surface area contributed by atoms with E-state index in [0.717, 1.165) is 22.0 Å². The summed E-state index contributed by atoms with van der Waals surface area (Å²) in [5.74, 6) is -0.664. The Bertz CT molecular complexity index is 1670. The minimum Gasteiger partial charge on any atom is -0.446 e. The van der Waals surface area contributed by atoms with Crippen LogP contribution in [0.3, 0.4) is 0 Å². The van der Waals surface area contributed by atoms with Crippen molar-refractivity contribution in [2.45, 2.75) is 25.4 Å². The van der Waals surface area contributed by atoms with Crippen LogP contribution in [-0.2, 0) is 11.8 Å². The number of amides is 1. The van der Waals surface area contributed by atoms with Crippen LogP contribution in [0.4, 0.5) is 9.18 Å². The third-order valence-electron chi connectivity index (χ3n) is 6.51. The summed E-state index contributed by atoms with van der Waals surface area (Å²) in [7, 11) is 1.85. The van der Waals surface area contributed by atoms with Crippen molar-refractivity contribution in [3.05, 3.63) is 77.4 Å². The number of primary amides is 1. The molecule has 0 spiro atoms. The van der Waals surface area contributed by atoms with Gasteiger partial charge in [-0.25, -0.2) is 14.2 Å². The molecule has 2 aromatic carbocycles. The summed E-state index contributed by atoms with van der Waals surface area (Å²) in [5, 5.41) is 24.5. The maximum absolute atomic E-state index is 14.7. The number of nitrogens with two attached hydrogens (primary N) is 1. The third-order valence-corrected chi connectivity index (χ3v) is 6.51. The molecule has 2 N–H and O–H groups in total. The summed E-state index contributed by atoms with van der Waals surface area (Å²) in [5.41, 5.74) is 10.0. The highest BCUT2D eigenvalue weighted by Gasteiger charge is 2.23. The maximum atomic E-state index is 14.7. The van der Waals surface area contributed by atoms with Gasteiger partial charge in [0.25, 0.3) is 0 Å². The SMILES string of the molecule is Cn1ncc2cc(-c3c(C#N)cc(C4=CCC(OC(N)=O)CC4)nc3-c3ccc(C#N)c(F)c3)ccc21. The molecule has 0 saturated heterocycles. The van der Waals surface area contributed by atoms with Crippen molar-refractivity contribution >= 4 is 22.6 Å². The van der Waals surface area contributed by atoms with Crippen LogP contribution in [0.15, 0.2) is 54.7 Å². The van der Waals surface area contributed by atoms with Gasteiger partial charge in [-0.3, -0.25) is 4.68 Å². The van der Waals surface area contributed by atoms with Crippen LogP contribution in [-0.4, -0.2) is 27.0 Å². The molecule has 0 radical (unpaired) electrons. The van der Waals surface area contributed by atoms with E-state index in [-0.39, 0.29) is 11.7 Å². The molecule has 9 heteroatoms. The topological polar surface area (TPSA) is 131 Å². The number of aromatic nitrogens is 3. The molecule has 1 aliphatic carbocycles. The number of nitriles is 2. The van der Waals surface area contributed by atoms with Crippen molar-refractivity contribution in [2.24, 2.45) is 12.8 Å². The molecule has 182 valence electrons. The second-order valence-electron chi connectivity index (χ2n) is 8.80. The van der Waals surface area contributed by atoms with Gasteiger partial charge in [0.2, 0.25) is 0 Å². The number of nitrogens with zero attached hydrogens (tertiary/aromatic N) is 5. The van der Waals surface area contributed by atoms with Crippen LogP contribution in [0.1, 0.15) is 36.1 Å². The standard InChI is InChI=1S/C28H21FN6O2/c1-35-25-9-6-17(10-21(25)15-33-35)26-20(14-31)12-24(16-4-7-22(8-5-16)37-28(32)36)34-27(26)18-2-3-19(13-30)23(29)11-18/h2-4,6,9-12,15,22H,5,7-8H2,1H3,(H2,32,36). The van der Waals surface area contributed by atoms with Gasteiger partial charge in [-0.15, -0.1) is 0 Å². The molecule has 37 heavy (non-hydrogen) atoms. The number of pyridine rings is 1. The number of ether oxygens (including phenoxy) is 1. The monoisotopic (exact) mass is 492 g/mol. The van der Waals surface area contributed by atoms with Gasteiger partial charge in [-0.2, -0.15) is 15.6 Å². The van der Waals surface area contributed by atoms with Crippen LogP contribution >= 0.6 is 0 Å². The Balaban J connectivity index is 1.69. The van der Waals surface area contributed by atoms with E-state index in [9.17, 15) is 19.7 Å². The number of hydrogen-bond donors (Lipinski definition) is 1. The minimum absolute atomic E-state index is 0.0748. The van der Waals surface area contributed by atoms with E-state index < -0.39 is 11.9 Å². The predicted molar refractivity (Wildman–Crippen MR) is 135 cm³/mol. The average molecular weight is 493 g/mol. The van der Waals surface area contributed by atoms with Crippen LogP contribution in [0.2, 0.25) is 0 Å². The van der Waals surface area contributed by atoms with E-state index >= 15 is 0 Å². The van der Waals surface area contributed by atoms with E-state index in [1.165, 1.54) is 12.1 Å². The van der Waals surface area contributed by atoms with Gasteiger partial charge in [0.15, 0.2) is 0 Å². The Labute approximate surface area is 212 Å². The summed E-state index contributed by atoms with van der Waals surface area (Å²) in [6.07, 6.45) is 4.15. The Kier molecular flexibility index (Phi) is 6.12. The van der Waals surface area contributed by atoms with Gasteiger partial charge in [0.05, 0.1) is 40.3 Å². The Morgan fingerprint density at radius 3 is 2.59 bits per heavy atom. The van der Waals surface area contributed by atoms with Gasteiger partial charge in [-0.1, -0.05) is 18.2 Å². The van der Waals surface area contributed by atoms with Gasteiger partial charge < -0.3 is 10.5 Å². The van der Waals surface area contributed by atoms with Crippen molar-refractivity contribution in [3.8, 4) is 34.5 Å². The fraction of sp³-hybridized carbons (Fsp3) is 0.179. The minimum atomic E-state index is -0.813. The van der Waals surface area contributed by atoms with E-state index in [1.807, 2.05) is 37.4 Å². The molecule has 0 bridgehead atoms. The smallest absolute Gasteiger partial charge is 0.404 e. The second kappa shape index (κ2) is 9.56. The van der Waals surface area contributed by atoms with E-state index in [0.29, 0.717) is 47.3 Å². The molecule has 1 unspecified atom stereocenters. The zero-order valence-corrected chi connectivity index (χ0v) is 19.9. The molecule has 1 aliphatic rings. The summed E-state index contributed by atoms with van der Waals surface area (Å²) >= 11 is 0. The molecule has 2 heterocycles. The average Bonchev–Trinajstić information content (AvgIpc) is 3.27. The Morgan fingerprint density at radius 2 is 1.92 bits per heavy atom. The van der Waals surface area contributed by atoms with Crippen molar-refractivity contribution in [3.63, 3.8) is 0 Å². The number of halogens is 1. The lowest BCUT2D eigenvalue weighted by Gasteiger charge is -2.22. The molecule has 8 nitrogen and oxygen atoms in total. The van der Waals surface area contributed by atoms with Gasteiger partial charge in [0.1, 0.15) is 18.0 Å². The first-order valence-electron chi connectivity index (χ1n) is 11.6. The predicted octanol–water partition coefficient (Wildman–Crippen LogP) is 5.22. The van der Waals surface area contributed by atoms with Gasteiger partial charge in [-0.05, 0) is 54.3 Å². The van der Waals surface area contributed by atoms with Crippen molar-refractivity contribution in [1.29, 1.82) is 10.5 Å². The first kappa shape index (κ1) is 23.7. The summed E-state index contributed by atoms with van der Waals surface area (Å²) in [4.78, 5) is 16.0. The summed E-state index contributed by atoms with van der Waals surface area (Å²) < 4.78 is 21.5. The molecule has 5 rings (SSSR count). The third kappa shape index (κ3) is 4.51. The molecular weight excluding hydrogens is 471 g/mol. The second-order valence-corrected chi connectivity index (χ2v) is 8.80. The number of hydrogen-bond acceptors (Lipinski definition) is 6. The molecular formula is C28H21FN6O2. The molecule has 4 aromatic rings. The number of benzene rings is 2. The molecule has 1 amide bonds. The quantitative estimate of drug-likeness (QED) is 0.416. The highest BCUT2D eigenvalue weighted by atomic mass is 19.1. The van der Waals surface area contributed by atoms with Crippen LogP contribution < -0.4 is 5.73 Å². The Hall–Kier alpha value is -5.02. The largest absolute Gasteiger partial charge is 0.446 e. The fourth-order valence-corrected chi connectivity index (χ4v) is 4.69. The first-order chi connectivity index (χ1) is 17.9. The number of carbonyl (C=O) groups excluding carboxylic acids is 1. The van der Waals surface area contributed by atoms with Gasteiger partial charge in [0, 0.05) is 30.0 Å². The first-order valence-corrected chi connectivity index (χ1v) is 11.6. The number of fused-ring (bicyclic) bond motifs is 1. The highest BCUT2D eigenvalue weighted by molar-refractivity contribution is 5.92. The van der Waals surface area contributed by atoms with E-state index in [2.05, 4.69) is 11.2 Å². The lowest BCUT2D eigenvalue weighted by atomic mass is 9.90. The van der Waals surface area contributed by atoms with Crippen LogP contribution in [0, 0.1) is 28.5 Å². The Morgan fingerprint density at radius 1 is 1.14 bits per heavy atom. The molecule has 0 aliphatic heterocycles. The molecule has 0 saturated carbocycles. The normalized spacial score (nSPS) is 15.0. The van der Waals surface area contributed by atoms with Crippen molar-refractivity contribution < 1.29 is 13.9 Å². The van der Waals surface area contributed by atoms with E-state index in [1.54, 1.807) is 23.0 Å². The molecule has 1 atom stereocenters. The zero-order valence-electron chi connectivity index (χ0n) is 19.9. The number of aryl methyl sites for hydroxylation is 1. The molecule has 2 aromatic heterocycles. The zero-order chi connectivity index (χ0) is 26.1. The van der Waals surface area contributed by atoms with E-state index in [4.69, 9.17) is 15.5 Å². The maximum Gasteiger partial charge on any atom is 0.404 e. The van der Waals surface area contributed by atoms with Crippen molar-refractivity contribution in [2.75, 3.05) is 0 Å². The lowest BCUT2D eigenvalue weighted by molar-refractivity contribution is 0.102. The van der Waals surface area contributed by atoms with Crippen LogP contribution in [0.5, 0.6) is 0 Å². The summed E-state index contributed by atoms with van der Waals surface area (Å²) in [6.45, 7) is 0. The fourth-order valence-electron chi connectivity index (χ4n) is 4.69. The molecule has 0 fully saturated rings. The lowest BCUT2D eigenvalue weighted by Crippen LogP contribution is -2.24.